The van der Waals surface area contributed by atoms with Crippen LogP contribution in [-0.2, 0) is 20.8 Å². The Kier molecular flexibility index (Phi) is 14.3. The third-order valence-corrected chi connectivity index (χ3v) is 8.17. The minimum Gasteiger partial charge on any atom is -0.495 e. The maximum absolute atomic E-state index is 13.1. The molecule has 1 fully saturated rings. The summed E-state index contributed by atoms with van der Waals surface area (Å²) in [6.45, 7) is 4.48. The number of nitrogens with one attached hydrogen (secondary N) is 2. The van der Waals surface area contributed by atoms with Crippen LogP contribution in [0.25, 0.3) is 0 Å². The zero-order valence-electron chi connectivity index (χ0n) is 27.9. The zero-order valence-corrected chi connectivity index (χ0v) is 27.9. The van der Waals surface area contributed by atoms with Gasteiger partial charge >= 0.3 is 18.0 Å². The smallest absolute Gasteiger partial charge is 0.323 e. The Morgan fingerprint density at radius 3 is 2.32 bits per heavy atom. The first-order valence-corrected chi connectivity index (χ1v) is 16.0. The van der Waals surface area contributed by atoms with E-state index in [-0.39, 0.29) is 37.2 Å². The lowest BCUT2D eigenvalue weighted by molar-refractivity contribution is -0.137. The molecule has 13 nitrogen and oxygen atoms in total. The van der Waals surface area contributed by atoms with Crippen LogP contribution in [0.1, 0.15) is 49.7 Å². The Bertz CT molecular complexity index is 1400. The van der Waals surface area contributed by atoms with Crippen LogP contribution in [0.15, 0.2) is 42.5 Å². The van der Waals surface area contributed by atoms with Gasteiger partial charge in [0.25, 0.3) is 0 Å². The molecule has 6 amide bonds. The maximum Gasteiger partial charge on any atom is 0.323 e. The quantitative estimate of drug-likeness (QED) is 0.231. The molecular formula is C34H48N6O7. The first kappa shape index (κ1) is 36.7. The van der Waals surface area contributed by atoms with Crippen LogP contribution < -0.4 is 15.4 Å². The number of aryl methyl sites for hydroxylation is 2. The molecule has 0 atom stereocenters. The number of aliphatic carboxylic acids is 1. The predicted octanol–water partition coefficient (Wildman–Crippen LogP) is 4.27. The molecule has 3 rings (SSSR count). The molecule has 0 aromatic heterocycles. The molecule has 1 aliphatic heterocycles. The number of carbonyl (C=O) groups is 5. The van der Waals surface area contributed by atoms with Gasteiger partial charge in [0.1, 0.15) is 5.75 Å². The number of ether oxygens (including phenoxy) is 1. The summed E-state index contributed by atoms with van der Waals surface area (Å²) in [6.07, 6.45) is 3.13. The standard InChI is InChI=1S/C34H48N6O7/c1-25-10-5-6-11-27(25)35-33(45)36-28-15-13-26(24-29(28)47-4)14-16-30(41)37(2)18-8-19-38(3)34(46)40(23-17-32(43)44)22-9-21-39-20-7-12-31(39)42/h5-6,10-11,13,15,24H,7-9,12,14,16-23H2,1-4H3,(H,43,44)(H2,35,36,45). The fourth-order valence-electron chi connectivity index (χ4n) is 5.36. The number of para-hydroxylation sites is 1. The summed E-state index contributed by atoms with van der Waals surface area (Å²) in [5.74, 6) is -0.419. The van der Waals surface area contributed by atoms with Crippen molar-refractivity contribution in [2.75, 3.05) is 71.1 Å². The van der Waals surface area contributed by atoms with Crippen LogP contribution in [0.4, 0.5) is 21.0 Å². The van der Waals surface area contributed by atoms with Crippen LogP contribution >= 0.6 is 0 Å². The normalized spacial score (nSPS) is 12.4. The number of carboxylic acid groups (broad SMARTS) is 1. The van der Waals surface area contributed by atoms with Gasteiger partial charge in [0.15, 0.2) is 0 Å². The van der Waals surface area contributed by atoms with E-state index in [0.29, 0.717) is 69.0 Å². The number of benzene rings is 2. The first-order valence-electron chi connectivity index (χ1n) is 16.0. The molecule has 1 heterocycles. The molecule has 0 spiro atoms. The molecule has 2 aromatic rings. The molecule has 1 aliphatic rings. The van der Waals surface area contributed by atoms with Crippen LogP contribution in [0.2, 0.25) is 0 Å². The molecule has 13 heteroatoms. The number of carbonyl (C=O) groups excluding carboxylic acids is 4. The second-order valence-corrected chi connectivity index (χ2v) is 11.8. The van der Waals surface area contributed by atoms with Gasteiger partial charge in [0.05, 0.1) is 19.2 Å². The lowest BCUT2D eigenvalue weighted by atomic mass is 10.1. The van der Waals surface area contributed by atoms with Crippen molar-refractivity contribution in [3.63, 3.8) is 0 Å². The lowest BCUT2D eigenvalue weighted by Gasteiger charge is -2.29. The molecule has 0 aliphatic carbocycles. The number of amides is 6. The van der Waals surface area contributed by atoms with Gasteiger partial charge in [-0.05, 0) is 61.9 Å². The molecule has 47 heavy (non-hydrogen) atoms. The van der Waals surface area contributed by atoms with Crippen molar-refractivity contribution in [1.29, 1.82) is 0 Å². The van der Waals surface area contributed by atoms with E-state index in [0.717, 1.165) is 24.1 Å². The number of carboxylic acids is 1. The van der Waals surface area contributed by atoms with E-state index < -0.39 is 12.0 Å². The van der Waals surface area contributed by atoms with Gasteiger partial charge in [-0.3, -0.25) is 14.4 Å². The topological polar surface area (TPSA) is 152 Å². The molecule has 1 saturated heterocycles. The van der Waals surface area contributed by atoms with E-state index in [1.807, 2.05) is 37.3 Å². The number of nitrogens with zero attached hydrogens (tertiary/aromatic N) is 4. The third-order valence-electron chi connectivity index (χ3n) is 8.17. The number of methoxy groups -OCH3 is 1. The van der Waals surface area contributed by atoms with Crippen LogP contribution in [0.3, 0.4) is 0 Å². The number of likely N-dealkylation sites (tertiary alicyclic amines) is 1. The maximum atomic E-state index is 13.1. The summed E-state index contributed by atoms with van der Waals surface area (Å²) in [4.78, 5) is 68.0. The van der Waals surface area contributed by atoms with Crippen molar-refractivity contribution < 1.29 is 33.8 Å². The average Bonchev–Trinajstić information content (AvgIpc) is 3.46. The Labute approximate surface area is 276 Å². The molecule has 0 unspecified atom stereocenters. The van der Waals surface area contributed by atoms with Crippen molar-refractivity contribution in [2.24, 2.45) is 0 Å². The second kappa shape index (κ2) is 18.4. The van der Waals surface area contributed by atoms with E-state index in [9.17, 15) is 24.0 Å². The van der Waals surface area contributed by atoms with Crippen molar-refractivity contribution >= 4 is 41.2 Å². The van der Waals surface area contributed by atoms with Crippen molar-refractivity contribution in [3.05, 3.63) is 53.6 Å². The average molecular weight is 653 g/mol. The summed E-state index contributed by atoms with van der Waals surface area (Å²) < 4.78 is 5.48. The highest BCUT2D eigenvalue weighted by molar-refractivity contribution is 6.01. The van der Waals surface area contributed by atoms with Crippen molar-refractivity contribution in [1.82, 2.24) is 19.6 Å². The number of hydrogen-bond acceptors (Lipinski definition) is 6. The molecule has 256 valence electrons. The highest BCUT2D eigenvalue weighted by atomic mass is 16.5. The SMILES string of the molecule is COc1cc(CCC(=O)N(C)CCCN(C)C(=O)N(CCCN2CCCC2=O)CCC(=O)O)ccc1NC(=O)Nc1ccccc1C. The Morgan fingerprint density at radius 1 is 0.915 bits per heavy atom. The molecule has 0 radical (unpaired) electrons. The van der Waals surface area contributed by atoms with E-state index in [1.165, 1.54) is 12.0 Å². The summed E-state index contributed by atoms with van der Waals surface area (Å²) >= 11 is 0. The molecular weight excluding hydrogens is 604 g/mol. The van der Waals surface area contributed by atoms with E-state index in [4.69, 9.17) is 9.84 Å². The van der Waals surface area contributed by atoms with Gasteiger partial charge in [-0.25, -0.2) is 9.59 Å². The van der Waals surface area contributed by atoms with Crippen LogP contribution in [0.5, 0.6) is 5.75 Å². The largest absolute Gasteiger partial charge is 0.495 e. The number of rotatable bonds is 17. The van der Waals surface area contributed by atoms with Gasteiger partial charge in [0.2, 0.25) is 11.8 Å². The van der Waals surface area contributed by atoms with E-state index >= 15 is 0 Å². The van der Waals surface area contributed by atoms with E-state index in [1.54, 1.807) is 40.9 Å². The van der Waals surface area contributed by atoms with Crippen LogP contribution in [-0.4, -0.2) is 115 Å². The monoisotopic (exact) mass is 652 g/mol. The van der Waals surface area contributed by atoms with Gasteiger partial charge in [-0.1, -0.05) is 24.3 Å². The van der Waals surface area contributed by atoms with Gasteiger partial charge in [0, 0.05) is 71.9 Å². The van der Waals surface area contributed by atoms with Crippen molar-refractivity contribution in [2.45, 2.75) is 51.9 Å². The molecule has 0 saturated carbocycles. The summed E-state index contributed by atoms with van der Waals surface area (Å²) in [5.41, 5.74) is 3.04. The summed E-state index contributed by atoms with van der Waals surface area (Å²) in [5, 5.41) is 14.8. The van der Waals surface area contributed by atoms with Gasteiger partial charge < -0.3 is 40.1 Å². The second-order valence-electron chi connectivity index (χ2n) is 11.8. The fraction of sp³-hybridized carbons (Fsp3) is 0.500. The number of urea groups is 2. The van der Waals surface area contributed by atoms with Gasteiger partial charge in [-0.2, -0.15) is 0 Å². The minimum absolute atomic E-state index is 0.0442. The van der Waals surface area contributed by atoms with Crippen LogP contribution in [0, 0.1) is 6.92 Å². The number of anilines is 2. The minimum atomic E-state index is -0.979. The highest BCUT2D eigenvalue weighted by Gasteiger charge is 2.22. The Hall–Kier alpha value is -4.81. The Morgan fingerprint density at radius 2 is 1.64 bits per heavy atom. The van der Waals surface area contributed by atoms with E-state index in [2.05, 4.69) is 10.6 Å². The third kappa shape index (κ3) is 11.8. The first-order chi connectivity index (χ1) is 22.5. The molecule has 3 N–H and O–H groups in total. The predicted molar refractivity (Wildman–Crippen MR) is 180 cm³/mol. The molecule has 2 aromatic carbocycles. The molecule has 0 bridgehead atoms. The Balaban J connectivity index is 1.43. The fourth-order valence-corrected chi connectivity index (χ4v) is 5.36. The van der Waals surface area contributed by atoms with Crippen molar-refractivity contribution in [3.8, 4) is 5.75 Å². The highest BCUT2D eigenvalue weighted by Crippen LogP contribution is 2.27. The zero-order chi connectivity index (χ0) is 34.3. The lowest BCUT2D eigenvalue weighted by Crippen LogP contribution is -2.44. The van der Waals surface area contributed by atoms with Gasteiger partial charge in [-0.15, -0.1) is 0 Å². The summed E-state index contributed by atoms with van der Waals surface area (Å²) in [6, 6.07) is 12.2. The summed E-state index contributed by atoms with van der Waals surface area (Å²) in [7, 11) is 4.91. The number of hydrogen-bond donors (Lipinski definition) is 3.